The van der Waals surface area contributed by atoms with Crippen LogP contribution in [0.3, 0.4) is 0 Å². The standard InChI is InChI=1S/C19H25NO/c1-2-18(21)20-17-5-3-16(4-6-17)19-10-13-7-14(11-19)9-15(8-13)12-19/h3-6,13-15H,2,7-12H2,1H3,(H,20,21). The largest absolute Gasteiger partial charge is 0.326 e. The number of rotatable bonds is 3. The molecule has 0 atom stereocenters. The first kappa shape index (κ1) is 13.4. The molecular formula is C19H25NO. The second kappa shape index (κ2) is 4.86. The zero-order valence-corrected chi connectivity index (χ0v) is 12.9. The fourth-order valence-electron chi connectivity index (χ4n) is 5.62. The summed E-state index contributed by atoms with van der Waals surface area (Å²) in [4.78, 5) is 11.5. The first-order valence-corrected chi connectivity index (χ1v) is 8.57. The zero-order valence-electron chi connectivity index (χ0n) is 12.9. The minimum atomic E-state index is 0.0950. The lowest BCUT2D eigenvalue weighted by Crippen LogP contribution is -2.48. The van der Waals surface area contributed by atoms with Gasteiger partial charge in [-0.3, -0.25) is 4.79 Å². The summed E-state index contributed by atoms with van der Waals surface area (Å²) in [5.74, 6) is 3.04. The second-order valence-corrected chi connectivity index (χ2v) is 7.68. The summed E-state index contributed by atoms with van der Waals surface area (Å²) in [6.45, 7) is 1.89. The highest BCUT2D eigenvalue weighted by Gasteiger charge is 2.51. The number of nitrogens with one attached hydrogen (secondary N) is 1. The van der Waals surface area contributed by atoms with Crippen LogP contribution in [0.1, 0.15) is 57.4 Å². The van der Waals surface area contributed by atoms with Crippen molar-refractivity contribution < 1.29 is 4.79 Å². The van der Waals surface area contributed by atoms with Crippen LogP contribution in [0.15, 0.2) is 24.3 Å². The molecule has 1 aromatic rings. The third-order valence-electron chi connectivity index (χ3n) is 6.14. The van der Waals surface area contributed by atoms with Crippen molar-refractivity contribution in [3.05, 3.63) is 29.8 Å². The van der Waals surface area contributed by atoms with Crippen molar-refractivity contribution in [1.29, 1.82) is 0 Å². The third-order valence-corrected chi connectivity index (χ3v) is 6.14. The van der Waals surface area contributed by atoms with Crippen molar-refractivity contribution in [2.75, 3.05) is 5.32 Å². The molecule has 0 saturated heterocycles. The van der Waals surface area contributed by atoms with Gasteiger partial charge >= 0.3 is 0 Å². The summed E-state index contributed by atoms with van der Waals surface area (Å²) < 4.78 is 0. The Morgan fingerprint density at radius 1 is 1.05 bits per heavy atom. The van der Waals surface area contributed by atoms with Crippen LogP contribution in [-0.4, -0.2) is 5.91 Å². The van der Waals surface area contributed by atoms with Gasteiger partial charge in [0.1, 0.15) is 0 Å². The maximum absolute atomic E-state index is 11.5. The van der Waals surface area contributed by atoms with E-state index < -0.39 is 0 Å². The highest BCUT2D eigenvalue weighted by molar-refractivity contribution is 5.90. The van der Waals surface area contributed by atoms with E-state index in [9.17, 15) is 4.79 Å². The highest BCUT2D eigenvalue weighted by Crippen LogP contribution is 2.60. The Labute approximate surface area is 127 Å². The zero-order chi connectivity index (χ0) is 14.4. The molecule has 4 saturated carbocycles. The van der Waals surface area contributed by atoms with Crippen LogP contribution in [0, 0.1) is 17.8 Å². The van der Waals surface area contributed by atoms with Gasteiger partial charge in [0.05, 0.1) is 0 Å². The van der Waals surface area contributed by atoms with Crippen LogP contribution >= 0.6 is 0 Å². The minimum Gasteiger partial charge on any atom is -0.326 e. The van der Waals surface area contributed by atoms with Crippen molar-refractivity contribution in [1.82, 2.24) is 0 Å². The third kappa shape index (κ3) is 2.29. The number of amides is 1. The molecule has 0 radical (unpaired) electrons. The molecule has 1 N–H and O–H groups in total. The Morgan fingerprint density at radius 3 is 2.05 bits per heavy atom. The molecule has 4 aliphatic rings. The summed E-state index contributed by atoms with van der Waals surface area (Å²) in [5, 5.41) is 2.95. The molecule has 112 valence electrons. The van der Waals surface area contributed by atoms with E-state index in [2.05, 4.69) is 29.6 Å². The summed E-state index contributed by atoms with van der Waals surface area (Å²) in [7, 11) is 0. The van der Waals surface area contributed by atoms with E-state index in [4.69, 9.17) is 0 Å². The molecule has 4 fully saturated rings. The molecule has 0 aliphatic heterocycles. The predicted molar refractivity (Wildman–Crippen MR) is 85.2 cm³/mol. The maximum Gasteiger partial charge on any atom is 0.224 e. The van der Waals surface area contributed by atoms with Crippen molar-refractivity contribution in [3.63, 3.8) is 0 Å². The summed E-state index contributed by atoms with van der Waals surface area (Å²) in [6, 6.07) is 8.75. The van der Waals surface area contributed by atoms with Crippen LogP contribution in [0.2, 0.25) is 0 Å². The molecule has 4 bridgehead atoms. The number of carbonyl (C=O) groups excluding carboxylic acids is 1. The molecule has 21 heavy (non-hydrogen) atoms. The van der Waals surface area contributed by atoms with Gasteiger partial charge in [-0.1, -0.05) is 19.1 Å². The van der Waals surface area contributed by atoms with Crippen LogP contribution < -0.4 is 5.32 Å². The van der Waals surface area contributed by atoms with Crippen LogP contribution in [0.5, 0.6) is 0 Å². The summed E-state index contributed by atoms with van der Waals surface area (Å²) >= 11 is 0. The lowest BCUT2D eigenvalue weighted by Gasteiger charge is -2.57. The van der Waals surface area contributed by atoms with Gasteiger partial charge in [-0.05, 0) is 79.4 Å². The SMILES string of the molecule is CCC(=O)Nc1ccc(C23CC4CC(CC(C4)C2)C3)cc1. The average Bonchev–Trinajstić information content (AvgIpc) is 2.46. The van der Waals surface area contributed by atoms with Crippen molar-refractivity contribution in [2.45, 2.75) is 57.3 Å². The quantitative estimate of drug-likeness (QED) is 0.869. The Balaban J connectivity index is 1.57. The number of hydrogen-bond acceptors (Lipinski definition) is 1. The first-order valence-electron chi connectivity index (χ1n) is 8.57. The number of anilines is 1. The molecule has 5 rings (SSSR count). The fourth-order valence-corrected chi connectivity index (χ4v) is 5.62. The molecule has 0 unspecified atom stereocenters. The van der Waals surface area contributed by atoms with Crippen LogP contribution in [0.25, 0.3) is 0 Å². The topological polar surface area (TPSA) is 29.1 Å². The van der Waals surface area contributed by atoms with Crippen molar-refractivity contribution >= 4 is 11.6 Å². The number of hydrogen-bond donors (Lipinski definition) is 1. The van der Waals surface area contributed by atoms with Crippen LogP contribution in [0.4, 0.5) is 5.69 Å². The molecule has 1 amide bonds. The summed E-state index contributed by atoms with van der Waals surface area (Å²) in [5.41, 5.74) is 2.92. The minimum absolute atomic E-state index is 0.0950. The molecule has 0 heterocycles. The molecule has 0 aromatic heterocycles. The molecule has 2 nitrogen and oxygen atoms in total. The van der Waals surface area contributed by atoms with E-state index in [1.165, 1.54) is 44.1 Å². The predicted octanol–water partition coefficient (Wildman–Crippen LogP) is 4.50. The molecule has 1 aromatic carbocycles. The van der Waals surface area contributed by atoms with Gasteiger partial charge in [-0.2, -0.15) is 0 Å². The number of benzene rings is 1. The Bertz CT molecular complexity index is 510. The van der Waals surface area contributed by atoms with Gasteiger partial charge in [0.15, 0.2) is 0 Å². The lowest BCUT2D eigenvalue weighted by atomic mass is 9.48. The molecule has 4 aliphatic carbocycles. The Kier molecular flexibility index (Phi) is 3.09. The monoisotopic (exact) mass is 283 g/mol. The van der Waals surface area contributed by atoms with E-state index in [-0.39, 0.29) is 5.91 Å². The lowest BCUT2D eigenvalue weighted by molar-refractivity contribution is -0.115. The highest BCUT2D eigenvalue weighted by atomic mass is 16.1. The van der Waals surface area contributed by atoms with E-state index in [1.807, 2.05) is 6.92 Å². The van der Waals surface area contributed by atoms with Gasteiger partial charge in [-0.25, -0.2) is 0 Å². The second-order valence-electron chi connectivity index (χ2n) is 7.68. The molecule has 2 heteroatoms. The van der Waals surface area contributed by atoms with E-state index in [0.717, 1.165) is 23.4 Å². The summed E-state index contributed by atoms with van der Waals surface area (Å²) in [6.07, 6.45) is 9.22. The molecule has 0 spiro atoms. The average molecular weight is 283 g/mol. The van der Waals surface area contributed by atoms with E-state index in [1.54, 1.807) is 0 Å². The van der Waals surface area contributed by atoms with Gasteiger partial charge in [0, 0.05) is 12.1 Å². The maximum atomic E-state index is 11.5. The number of carbonyl (C=O) groups is 1. The van der Waals surface area contributed by atoms with Gasteiger partial charge in [0.25, 0.3) is 0 Å². The smallest absolute Gasteiger partial charge is 0.224 e. The molecular weight excluding hydrogens is 258 g/mol. The van der Waals surface area contributed by atoms with Crippen molar-refractivity contribution in [2.24, 2.45) is 17.8 Å². The Hall–Kier alpha value is -1.31. The first-order chi connectivity index (χ1) is 10.2. The fraction of sp³-hybridized carbons (Fsp3) is 0.632. The van der Waals surface area contributed by atoms with Gasteiger partial charge < -0.3 is 5.32 Å². The Morgan fingerprint density at radius 2 is 1.57 bits per heavy atom. The van der Waals surface area contributed by atoms with Crippen LogP contribution in [-0.2, 0) is 10.2 Å². The van der Waals surface area contributed by atoms with Gasteiger partial charge in [-0.15, -0.1) is 0 Å². The van der Waals surface area contributed by atoms with E-state index >= 15 is 0 Å². The normalized spacial score (nSPS) is 36.7. The van der Waals surface area contributed by atoms with Crippen molar-refractivity contribution in [3.8, 4) is 0 Å². The van der Waals surface area contributed by atoms with Gasteiger partial charge in [0.2, 0.25) is 5.91 Å². The van der Waals surface area contributed by atoms with E-state index in [0.29, 0.717) is 11.8 Å².